The summed E-state index contributed by atoms with van der Waals surface area (Å²) in [5.41, 5.74) is 0. The van der Waals surface area contributed by atoms with Crippen LogP contribution in [0.1, 0.15) is 46.0 Å². The lowest BCUT2D eigenvalue weighted by atomic mass is 9.90. The van der Waals surface area contributed by atoms with E-state index in [1.165, 1.54) is 51.7 Å². The van der Waals surface area contributed by atoms with Gasteiger partial charge in [-0.2, -0.15) is 0 Å². The standard InChI is InChI=1S/C15H33N3/c1-5-11-18(13-12-17(3)4)15-9-7-14(8-10-15)16-6-2/h14-16H,5-13H2,1-4H3. The van der Waals surface area contributed by atoms with Crippen LogP contribution < -0.4 is 5.32 Å². The van der Waals surface area contributed by atoms with Gasteiger partial charge in [-0.15, -0.1) is 0 Å². The van der Waals surface area contributed by atoms with E-state index in [1.54, 1.807) is 0 Å². The van der Waals surface area contributed by atoms with E-state index in [1.807, 2.05) is 0 Å². The van der Waals surface area contributed by atoms with Crippen LogP contribution in [0.3, 0.4) is 0 Å². The van der Waals surface area contributed by atoms with Gasteiger partial charge in [0.15, 0.2) is 0 Å². The zero-order valence-corrected chi connectivity index (χ0v) is 12.9. The lowest BCUT2D eigenvalue weighted by molar-refractivity contribution is 0.133. The summed E-state index contributed by atoms with van der Waals surface area (Å²) >= 11 is 0. The molecule has 1 saturated carbocycles. The molecule has 0 atom stereocenters. The fourth-order valence-corrected chi connectivity index (χ4v) is 3.03. The Labute approximate surface area is 114 Å². The van der Waals surface area contributed by atoms with Gasteiger partial charge in [-0.05, 0) is 59.3 Å². The van der Waals surface area contributed by atoms with Crippen LogP contribution in [-0.2, 0) is 0 Å². The van der Waals surface area contributed by atoms with Gasteiger partial charge >= 0.3 is 0 Å². The largest absolute Gasteiger partial charge is 0.314 e. The second kappa shape index (κ2) is 8.89. The zero-order chi connectivity index (χ0) is 13.4. The van der Waals surface area contributed by atoms with Crippen molar-refractivity contribution in [3.63, 3.8) is 0 Å². The number of likely N-dealkylation sites (N-methyl/N-ethyl adjacent to an activating group) is 1. The van der Waals surface area contributed by atoms with Gasteiger partial charge in [0.1, 0.15) is 0 Å². The highest BCUT2D eigenvalue weighted by molar-refractivity contribution is 4.82. The average Bonchev–Trinajstić information content (AvgIpc) is 2.36. The second-order valence-electron chi connectivity index (χ2n) is 5.90. The van der Waals surface area contributed by atoms with E-state index in [4.69, 9.17) is 0 Å². The molecular weight excluding hydrogens is 222 g/mol. The third kappa shape index (κ3) is 5.68. The van der Waals surface area contributed by atoms with E-state index < -0.39 is 0 Å². The SMILES string of the molecule is CCCN(CCN(C)C)C1CCC(NCC)CC1. The Morgan fingerprint density at radius 2 is 1.61 bits per heavy atom. The molecule has 0 heterocycles. The molecule has 1 fully saturated rings. The van der Waals surface area contributed by atoms with E-state index in [2.05, 4.69) is 43.1 Å². The Morgan fingerprint density at radius 3 is 2.11 bits per heavy atom. The molecule has 18 heavy (non-hydrogen) atoms. The van der Waals surface area contributed by atoms with Gasteiger partial charge in [-0.1, -0.05) is 13.8 Å². The molecule has 3 heteroatoms. The highest BCUT2D eigenvalue weighted by atomic mass is 15.2. The molecule has 1 rings (SSSR count). The van der Waals surface area contributed by atoms with E-state index in [-0.39, 0.29) is 0 Å². The monoisotopic (exact) mass is 255 g/mol. The summed E-state index contributed by atoms with van der Waals surface area (Å²) in [6.45, 7) is 9.32. The van der Waals surface area contributed by atoms with E-state index >= 15 is 0 Å². The molecule has 0 bridgehead atoms. The van der Waals surface area contributed by atoms with Crippen molar-refractivity contribution in [2.45, 2.75) is 58.0 Å². The Kier molecular flexibility index (Phi) is 7.87. The number of hydrogen-bond acceptors (Lipinski definition) is 3. The number of hydrogen-bond donors (Lipinski definition) is 1. The summed E-state index contributed by atoms with van der Waals surface area (Å²) in [5.74, 6) is 0. The fraction of sp³-hybridized carbons (Fsp3) is 1.00. The summed E-state index contributed by atoms with van der Waals surface area (Å²) in [5, 5.41) is 3.60. The Morgan fingerprint density at radius 1 is 0.944 bits per heavy atom. The van der Waals surface area contributed by atoms with E-state index in [9.17, 15) is 0 Å². The summed E-state index contributed by atoms with van der Waals surface area (Å²) in [6.07, 6.45) is 6.76. The molecule has 1 aliphatic rings. The third-order valence-corrected chi connectivity index (χ3v) is 4.05. The molecule has 0 aromatic carbocycles. The molecule has 0 aliphatic heterocycles. The molecule has 3 nitrogen and oxygen atoms in total. The van der Waals surface area contributed by atoms with Crippen LogP contribution in [0.5, 0.6) is 0 Å². The van der Waals surface area contributed by atoms with E-state index in [0.29, 0.717) is 0 Å². The summed E-state index contributed by atoms with van der Waals surface area (Å²) in [6, 6.07) is 1.61. The van der Waals surface area contributed by atoms with Gasteiger partial charge < -0.3 is 10.2 Å². The van der Waals surface area contributed by atoms with Crippen LogP contribution in [0.2, 0.25) is 0 Å². The van der Waals surface area contributed by atoms with Crippen molar-refractivity contribution in [3.8, 4) is 0 Å². The van der Waals surface area contributed by atoms with Crippen LogP contribution in [0.25, 0.3) is 0 Å². The quantitative estimate of drug-likeness (QED) is 0.717. The lowest BCUT2D eigenvalue weighted by Crippen LogP contribution is -2.44. The molecular formula is C15H33N3. The van der Waals surface area contributed by atoms with E-state index in [0.717, 1.165) is 18.6 Å². The molecule has 1 aliphatic carbocycles. The second-order valence-corrected chi connectivity index (χ2v) is 5.90. The van der Waals surface area contributed by atoms with Gasteiger partial charge in [-0.25, -0.2) is 0 Å². The van der Waals surface area contributed by atoms with Crippen LogP contribution in [-0.4, -0.2) is 62.2 Å². The predicted molar refractivity (Wildman–Crippen MR) is 80.1 cm³/mol. The van der Waals surface area contributed by atoms with Crippen molar-refractivity contribution in [1.29, 1.82) is 0 Å². The van der Waals surface area contributed by atoms with Gasteiger partial charge in [0.25, 0.3) is 0 Å². The maximum absolute atomic E-state index is 3.60. The molecule has 0 aromatic heterocycles. The number of nitrogens with zero attached hydrogens (tertiary/aromatic N) is 2. The predicted octanol–water partition coefficient (Wildman–Crippen LogP) is 2.18. The first-order valence-electron chi connectivity index (χ1n) is 7.79. The topological polar surface area (TPSA) is 18.5 Å². The van der Waals surface area contributed by atoms with Crippen LogP contribution >= 0.6 is 0 Å². The number of rotatable bonds is 8. The summed E-state index contributed by atoms with van der Waals surface area (Å²) in [7, 11) is 4.35. The van der Waals surface area contributed by atoms with Crippen molar-refractivity contribution in [3.05, 3.63) is 0 Å². The molecule has 108 valence electrons. The minimum atomic E-state index is 0.781. The zero-order valence-electron chi connectivity index (χ0n) is 12.9. The fourth-order valence-electron chi connectivity index (χ4n) is 3.03. The van der Waals surface area contributed by atoms with Gasteiger partial charge in [0.2, 0.25) is 0 Å². The molecule has 0 aromatic rings. The van der Waals surface area contributed by atoms with Crippen LogP contribution in [0.4, 0.5) is 0 Å². The normalized spacial score (nSPS) is 25.0. The van der Waals surface area contributed by atoms with Crippen molar-refractivity contribution >= 4 is 0 Å². The van der Waals surface area contributed by atoms with Crippen LogP contribution in [0, 0.1) is 0 Å². The van der Waals surface area contributed by atoms with Crippen molar-refractivity contribution in [2.75, 3.05) is 40.3 Å². The highest BCUT2D eigenvalue weighted by Gasteiger charge is 2.24. The van der Waals surface area contributed by atoms with Crippen molar-refractivity contribution in [2.24, 2.45) is 0 Å². The molecule has 0 saturated heterocycles. The van der Waals surface area contributed by atoms with Crippen molar-refractivity contribution < 1.29 is 0 Å². The maximum atomic E-state index is 3.60. The highest BCUT2D eigenvalue weighted by Crippen LogP contribution is 2.23. The molecule has 0 spiro atoms. The summed E-state index contributed by atoms with van der Waals surface area (Å²) in [4.78, 5) is 5.02. The molecule has 0 amide bonds. The Balaban J connectivity index is 2.34. The first-order valence-corrected chi connectivity index (χ1v) is 7.79. The lowest BCUT2D eigenvalue weighted by Gasteiger charge is -2.37. The molecule has 0 radical (unpaired) electrons. The minimum absolute atomic E-state index is 0.781. The first kappa shape index (κ1) is 15.9. The smallest absolute Gasteiger partial charge is 0.0112 e. The van der Waals surface area contributed by atoms with Crippen molar-refractivity contribution in [1.82, 2.24) is 15.1 Å². The van der Waals surface area contributed by atoms with Gasteiger partial charge in [0, 0.05) is 25.2 Å². The third-order valence-electron chi connectivity index (χ3n) is 4.05. The average molecular weight is 255 g/mol. The minimum Gasteiger partial charge on any atom is -0.314 e. The van der Waals surface area contributed by atoms with Gasteiger partial charge in [0.05, 0.1) is 0 Å². The van der Waals surface area contributed by atoms with Gasteiger partial charge in [-0.3, -0.25) is 4.90 Å². The first-order chi connectivity index (χ1) is 8.67. The maximum Gasteiger partial charge on any atom is 0.0112 e. The molecule has 0 unspecified atom stereocenters. The Hall–Kier alpha value is -0.120. The number of nitrogens with one attached hydrogen (secondary N) is 1. The molecule has 1 N–H and O–H groups in total. The Bertz CT molecular complexity index is 198. The van der Waals surface area contributed by atoms with Crippen LogP contribution in [0.15, 0.2) is 0 Å². The summed E-state index contributed by atoms with van der Waals surface area (Å²) < 4.78 is 0.